The molecule has 0 N–H and O–H groups in total. The first-order valence-corrected chi connectivity index (χ1v) is 11.5. The van der Waals surface area contributed by atoms with Crippen LogP contribution >= 0.6 is 11.3 Å². The first-order chi connectivity index (χ1) is 14.3. The van der Waals surface area contributed by atoms with Crippen molar-refractivity contribution in [2.45, 2.75) is 19.3 Å². The van der Waals surface area contributed by atoms with Gasteiger partial charge in [0.15, 0.2) is 0 Å². The molecule has 4 heterocycles. The number of ether oxygens (including phenoxy) is 1. The average Bonchev–Trinajstić information content (AvgIpc) is 3.28. The lowest BCUT2D eigenvalue weighted by Crippen LogP contribution is -2.42. The predicted molar refractivity (Wildman–Crippen MR) is 122 cm³/mol. The molecule has 1 atom stereocenters. The molecule has 4 rings (SSSR count). The number of piperidine rings is 1. The van der Waals surface area contributed by atoms with Gasteiger partial charge in [-0.1, -0.05) is 12.7 Å². The third-order valence-corrected chi connectivity index (χ3v) is 6.51. The van der Waals surface area contributed by atoms with E-state index in [0.29, 0.717) is 12.5 Å². The summed E-state index contributed by atoms with van der Waals surface area (Å²) in [6.45, 7) is 10.2. The largest absolute Gasteiger partial charge is 0.378 e. The van der Waals surface area contributed by atoms with Gasteiger partial charge in [-0.05, 0) is 59.7 Å². The third kappa shape index (κ3) is 5.25. The van der Waals surface area contributed by atoms with E-state index in [0.717, 1.165) is 57.3 Å². The number of hydrogen-bond donors (Lipinski definition) is 0. The summed E-state index contributed by atoms with van der Waals surface area (Å²) in [6.07, 6.45) is 11.7. The number of hydrogen-bond acceptors (Lipinski definition) is 6. The van der Waals surface area contributed by atoms with E-state index in [2.05, 4.69) is 55.3 Å². The van der Waals surface area contributed by atoms with Crippen LogP contribution < -0.4 is 0 Å². The Bertz CT molecular complexity index is 803. The summed E-state index contributed by atoms with van der Waals surface area (Å²) in [6, 6.07) is 2.26. The number of aliphatic imine (C=N–C) groups is 2. The first-order valence-electron chi connectivity index (χ1n) is 10.5. The zero-order valence-electron chi connectivity index (χ0n) is 17.0. The van der Waals surface area contributed by atoms with E-state index in [-0.39, 0.29) is 0 Å². The van der Waals surface area contributed by atoms with Crippen molar-refractivity contribution in [1.29, 1.82) is 0 Å². The fraction of sp³-hybridized carbons (Fsp3) is 0.478. The van der Waals surface area contributed by atoms with Crippen molar-refractivity contribution in [3.8, 4) is 0 Å². The van der Waals surface area contributed by atoms with Crippen LogP contribution in [0.5, 0.6) is 0 Å². The average molecular weight is 411 g/mol. The number of allylic oxidation sites excluding steroid dienone is 3. The Hall–Kier alpha value is -2.18. The highest BCUT2D eigenvalue weighted by Crippen LogP contribution is 2.24. The number of likely N-dealkylation sites (tertiary alicyclic amines) is 1. The summed E-state index contributed by atoms with van der Waals surface area (Å²) in [5.41, 5.74) is 3.80. The van der Waals surface area contributed by atoms with Gasteiger partial charge in [-0.3, -0.25) is 4.99 Å². The fourth-order valence-corrected chi connectivity index (χ4v) is 4.96. The minimum atomic E-state index is 0.689. The fourth-order valence-electron chi connectivity index (χ4n) is 4.28. The molecule has 6 heteroatoms. The Morgan fingerprint density at radius 3 is 3.00 bits per heavy atom. The summed E-state index contributed by atoms with van der Waals surface area (Å²) >= 11 is 1.79. The van der Waals surface area contributed by atoms with Crippen molar-refractivity contribution < 1.29 is 4.74 Å². The van der Waals surface area contributed by atoms with Crippen LogP contribution in [0.25, 0.3) is 0 Å². The molecule has 5 nitrogen and oxygen atoms in total. The first kappa shape index (κ1) is 20.1. The minimum Gasteiger partial charge on any atom is -0.378 e. The third-order valence-electron chi connectivity index (χ3n) is 5.77. The van der Waals surface area contributed by atoms with E-state index in [1.807, 2.05) is 6.08 Å². The Morgan fingerprint density at radius 2 is 2.21 bits per heavy atom. The molecular weight excluding hydrogens is 380 g/mol. The highest BCUT2D eigenvalue weighted by atomic mass is 32.1. The number of morpholine rings is 1. The van der Waals surface area contributed by atoms with E-state index >= 15 is 0 Å². The zero-order chi connectivity index (χ0) is 19.9. The van der Waals surface area contributed by atoms with Crippen LogP contribution in [0.2, 0.25) is 0 Å². The maximum absolute atomic E-state index is 5.47. The molecule has 2 fully saturated rings. The maximum Gasteiger partial charge on any atom is 0.135 e. The smallest absolute Gasteiger partial charge is 0.135 e. The van der Waals surface area contributed by atoms with Gasteiger partial charge in [0.25, 0.3) is 0 Å². The van der Waals surface area contributed by atoms with Gasteiger partial charge in [-0.15, -0.1) is 0 Å². The summed E-state index contributed by atoms with van der Waals surface area (Å²) in [7, 11) is 0. The molecule has 29 heavy (non-hydrogen) atoms. The summed E-state index contributed by atoms with van der Waals surface area (Å²) in [5.74, 6) is 1.78. The maximum atomic E-state index is 5.47. The van der Waals surface area contributed by atoms with E-state index in [1.165, 1.54) is 24.0 Å². The molecule has 3 aliphatic rings. The van der Waals surface area contributed by atoms with Gasteiger partial charge in [0.2, 0.25) is 0 Å². The standard InChI is InChI=1S/C23H30N4OS/c1-2-22(26-9-11-28-12-10-26)6-5-21-15-24-18-25-23(21)27-8-3-4-19(16-27)14-20-7-13-29-17-20/h2,5-7,13,17-19H,1,3-4,8-12,14-16H2/b21-5+,22-6+. The van der Waals surface area contributed by atoms with E-state index in [4.69, 9.17) is 4.74 Å². The topological polar surface area (TPSA) is 40.4 Å². The number of rotatable bonds is 5. The van der Waals surface area contributed by atoms with Crippen LogP contribution in [0.1, 0.15) is 18.4 Å². The molecule has 0 aliphatic carbocycles. The van der Waals surface area contributed by atoms with Gasteiger partial charge >= 0.3 is 0 Å². The molecule has 0 aromatic carbocycles. The van der Waals surface area contributed by atoms with Crippen LogP contribution in [0.3, 0.4) is 0 Å². The summed E-state index contributed by atoms with van der Waals surface area (Å²) < 4.78 is 5.47. The van der Waals surface area contributed by atoms with Gasteiger partial charge in [0.05, 0.1) is 19.8 Å². The molecule has 0 radical (unpaired) electrons. The van der Waals surface area contributed by atoms with Crippen molar-refractivity contribution in [3.05, 3.63) is 58.5 Å². The van der Waals surface area contributed by atoms with Crippen molar-refractivity contribution in [1.82, 2.24) is 9.80 Å². The number of nitrogens with zero attached hydrogens (tertiary/aromatic N) is 4. The van der Waals surface area contributed by atoms with Crippen molar-refractivity contribution in [2.75, 3.05) is 45.9 Å². The summed E-state index contributed by atoms with van der Waals surface area (Å²) in [4.78, 5) is 13.9. The van der Waals surface area contributed by atoms with Crippen molar-refractivity contribution >= 4 is 23.5 Å². The van der Waals surface area contributed by atoms with Gasteiger partial charge in [0.1, 0.15) is 12.2 Å². The van der Waals surface area contributed by atoms with Gasteiger partial charge < -0.3 is 14.5 Å². The Kier molecular flexibility index (Phi) is 6.96. The second kappa shape index (κ2) is 10.0. The van der Waals surface area contributed by atoms with Gasteiger partial charge in [0, 0.05) is 37.4 Å². The van der Waals surface area contributed by atoms with E-state index < -0.39 is 0 Å². The van der Waals surface area contributed by atoms with Gasteiger partial charge in [-0.25, -0.2) is 4.99 Å². The lowest BCUT2D eigenvalue weighted by Gasteiger charge is -2.36. The molecule has 0 amide bonds. The number of thiophene rings is 1. The molecule has 2 saturated heterocycles. The van der Waals surface area contributed by atoms with Crippen LogP contribution in [-0.4, -0.2) is 67.9 Å². The van der Waals surface area contributed by atoms with Crippen LogP contribution in [0.4, 0.5) is 0 Å². The zero-order valence-corrected chi connectivity index (χ0v) is 17.8. The highest BCUT2D eigenvalue weighted by Gasteiger charge is 2.25. The molecule has 1 aromatic heterocycles. The summed E-state index contributed by atoms with van der Waals surface area (Å²) in [5, 5.41) is 4.46. The van der Waals surface area contributed by atoms with Crippen molar-refractivity contribution in [2.24, 2.45) is 15.9 Å². The normalized spacial score (nSPS) is 24.7. The van der Waals surface area contributed by atoms with E-state index in [1.54, 1.807) is 17.7 Å². The molecule has 1 aromatic rings. The van der Waals surface area contributed by atoms with E-state index in [9.17, 15) is 0 Å². The molecule has 1 unspecified atom stereocenters. The SMILES string of the molecule is C=C/C(=C\C=C1/CN=CN=C1N1CCCC(Cc2ccsc2)C1)N1CCOCC1. The molecule has 3 aliphatic heterocycles. The molecule has 0 saturated carbocycles. The molecule has 0 spiro atoms. The van der Waals surface area contributed by atoms with Crippen LogP contribution in [0.15, 0.2) is 62.9 Å². The van der Waals surface area contributed by atoms with Crippen LogP contribution in [0, 0.1) is 5.92 Å². The Labute approximate surface area is 177 Å². The second-order valence-corrected chi connectivity index (χ2v) is 8.57. The minimum absolute atomic E-state index is 0.689. The monoisotopic (exact) mass is 410 g/mol. The molecular formula is C23H30N4OS. The van der Waals surface area contributed by atoms with Crippen molar-refractivity contribution in [3.63, 3.8) is 0 Å². The quantitative estimate of drug-likeness (QED) is 0.694. The second-order valence-electron chi connectivity index (χ2n) is 7.79. The Balaban J connectivity index is 1.47. The molecule has 154 valence electrons. The lowest BCUT2D eigenvalue weighted by atomic mass is 9.92. The van der Waals surface area contributed by atoms with Gasteiger partial charge in [-0.2, -0.15) is 11.3 Å². The molecule has 0 bridgehead atoms. The highest BCUT2D eigenvalue weighted by molar-refractivity contribution is 7.07. The Morgan fingerprint density at radius 1 is 1.31 bits per heavy atom. The number of amidine groups is 1. The lowest BCUT2D eigenvalue weighted by molar-refractivity contribution is 0.0554. The predicted octanol–water partition coefficient (Wildman–Crippen LogP) is 3.77. The van der Waals surface area contributed by atoms with Crippen LogP contribution in [-0.2, 0) is 11.2 Å².